The molecular formula is C13H16BrNO2. The summed E-state index contributed by atoms with van der Waals surface area (Å²) in [6.07, 6.45) is 3.55. The summed E-state index contributed by atoms with van der Waals surface area (Å²) in [5.41, 5.74) is 0.676. The maximum absolute atomic E-state index is 11.9. The fourth-order valence-corrected chi connectivity index (χ4v) is 2.31. The zero-order valence-corrected chi connectivity index (χ0v) is 11.2. The van der Waals surface area contributed by atoms with Crippen molar-refractivity contribution in [2.75, 3.05) is 13.2 Å². The van der Waals surface area contributed by atoms with Crippen LogP contribution in [-0.4, -0.2) is 25.2 Å². The first-order chi connectivity index (χ1) is 8.25. The fourth-order valence-electron chi connectivity index (χ4n) is 1.91. The lowest BCUT2D eigenvalue weighted by Gasteiger charge is -2.22. The molecule has 1 aliphatic heterocycles. The van der Waals surface area contributed by atoms with E-state index in [0.717, 1.165) is 23.9 Å². The highest BCUT2D eigenvalue weighted by molar-refractivity contribution is 9.10. The molecular weight excluding hydrogens is 282 g/mol. The van der Waals surface area contributed by atoms with E-state index in [1.165, 1.54) is 6.42 Å². The van der Waals surface area contributed by atoms with Crippen molar-refractivity contribution in [1.82, 2.24) is 5.32 Å². The van der Waals surface area contributed by atoms with Gasteiger partial charge in [0, 0.05) is 23.2 Å². The van der Waals surface area contributed by atoms with Gasteiger partial charge in [0.2, 0.25) is 0 Å². The van der Waals surface area contributed by atoms with Crippen LogP contribution in [0.2, 0.25) is 0 Å². The Hall–Kier alpha value is -0.870. The van der Waals surface area contributed by atoms with Gasteiger partial charge in [0.1, 0.15) is 0 Å². The third-order valence-corrected chi connectivity index (χ3v) is 3.34. The van der Waals surface area contributed by atoms with Crippen LogP contribution >= 0.6 is 15.9 Å². The van der Waals surface area contributed by atoms with E-state index in [-0.39, 0.29) is 12.0 Å². The average Bonchev–Trinajstić information content (AvgIpc) is 2.37. The van der Waals surface area contributed by atoms with Gasteiger partial charge in [-0.25, -0.2) is 0 Å². The number of amides is 1. The number of rotatable bonds is 3. The first-order valence-corrected chi connectivity index (χ1v) is 6.70. The minimum Gasteiger partial charge on any atom is -0.376 e. The molecule has 0 aliphatic carbocycles. The number of carbonyl (C=O) groups is 1. The maximum Gasteiger partial charge on any atom is 0.251 e. The van der Waals surface area contributed by atoms with Gasteiger partial charge in [-0.15, -0.1) is 0 Å². The fraction of sp³-hybridized carbons (Fsp3) is 0.462. The Labute approximate surface area is 110 Å². The van der Waals surface area contributed by atoms with Crippen LogP contribution in [0.5, 0.6) is 0 Å². The van der Waals surface area contributed by atoms with Crippen molar-refractivity contribution in [1.29, 1.82) is 0 Å². The summed E-state index contributed by atoms with van der Waals surface area (Å²) >= 11 is 3.35. The predicted octanol–water partition coefficient (Wildman–Crippen LogP) is 2.75. The van der Waals surface area contributed by atoms with E-state index in [9.17, 15) is 4.79 Å². The number of halogens is 1. The summed E-state index contributed by atoms with van der Waals surface area (Å²) in [7, 11) is 0. The van der Waals surface area contributed by atoms with E-state index in [0.29, 0.717) is 12.1 Å². The molecule has 1 aliphatic rings. The molecule has 0 bridgehead atoms. The molecule has 92 valence electrons. The number of carbonyl (C=O) groups excluding carboxylic acids is 1. The normalized spacial score (nSPS) is 19.9. The average molecular weight is 298 g/mol. The Bertz CT molecular complexity index is 389. The zero-order chi connectivity index (χ0) is 12.1. The molecule has 1 atom stereocenters. The molecule has 1 heterocycles. The third kappa shape index (κ3) is 3.82. The van der Waals surface area contributed by atoms with E-state index in [1.807, 2.05) is 24.3 Å². The van der Waals surface area contributed by atoms with Crippen molar-refractivity contribution in [2.24, 2.45) is 0 Å². The summed E-state index contributed by atoms with van der Waals surface area (Å²) in [5, 5.41) is 2.91. The van der Waals surface area contributed by atoms with Crippen molar-refractivity contribution < 1.29 is 9.53 Å². The summed E-state index contributed by atoms with van der Waals surface area (Å²) in [6, 6.07) is 7.38. The highest BCUT2D eigenvalue weighted by Crippen LogP contribution is 2.13. The van der Waals surface area contributed by atoms with E-state index in [1.54, 1.807) is 0 Å². The van der Waals surface area contributed by atoms with Gasteiger partial charge < -0.3 is 10.1 Å². The van der Waals surface area contributed by atoms with Crippen LogP contribution in [-0.2, 0) is 4.74 Å². The number of benzene rings is 1. The number of ether oxygens (including phenoxy) is 1. The Morgan fingerprint density at radius 1 is 1.47 bits per heavy atom. The second-order valence-electron chi connectivity index (χ2n) is 4.21. The molecule has 4 heteroatoms. The minimum absolute atomic E-state index is 0.0412. The number of hydrogen-bond acceptors (Lipinski definition) is 2. The SMILES string of the molecule is O=C(NCC1CCCCO1)c1cccc(Br)c1. The van der Waals surface area contributed by atoms with E-state index < -0.39 is 0 Å². The Morgan fingerprint density at radius 3 is 3.06 bits per heavy atom. The molecule has 1 saturated heterocycles. The first kappa shape index (κ1) is 12.6. The van der Waals surface area contributed by atoms with E-state index >= 15 is 0 Å². The summed E-state index contributed by atoms with van der Waals surface area (Å²) in [6.45, 7) is 1.42. The second-order valence-corrected chi connectivity index (χ2v) is 5.12. The van der Waals surface area contributed by atoms with Crippen molar-refractivity contribution in [2.45, 2.75) is 25.4 Å². The molecule has 1 fully saturated rings. The van der Waals surface area contributed by atoms with Crippen molar-refractivity contribution in [3.8, 4) is 0 Å². The van der Waals surface area contributed by atoms with Gasteiger partial charge in [0.05, 0.1) is 6.10 Å². The molecule has 0 spiro atoms. The van der Waals surface area contributed by atoms with E-state index in [2.05, 4.69) is 21.2 Å². The Kier molecular flexibility index (Phi) is 4.57. The van der Waals surface area contributed by atoms with Crippen molar-refractivity contribution in [3.05, 3.63) is 34.3 Å². The standard InChI is InChI=1S/C13H16BrNO2/c14-11-5-3-4-10(8-11)13(16)15-9-12-6-1-2-7-17-12/h3-5,8,12H,1-2,6-7,9H2,(H,15,16). The van der Waals surface area contributed by atoms with Crippen LogP contribution in [0.15, 0.2) is 28.7 Å². The molecule has 1 amide bonds. The zero-order valence-electron chi connectivity index (χ0n) is 9.62. The topological polar surface area (TPSA) is 38.3 Å². The lowest BCUT2D eigenvalue weighted by molar-refractivity contribution is 0.0169. The largest absolute Gasteiger partial charge is 0.376 e. The lowest BCUT2D eigenvalue weighted by atomic mass is 10.1. The molecule has 2 rings (SSSR count). The molecule has 0 aromatic heterocycles. The minimum atomic E-state index is -0.0412. The van der Waals surface area contributed by atoms with Crippen LogP contribution in [0, 0.1) is 0 Å². The number of hydrogen-bond donors (Lipinski definition) is 1. The third-order valence-electron chi connectivity index (χ3n) is 2.85. The molecule has 1 N–H and O–H groups in total. The van der Waals surface area contributed by atoms with Crippen LogP contribution in [0.1, 0.15) is 29.6 Å². The van der Waals surface area contributed by atoms with Crippen molar-refractivity contribution >= 4 is 21.8 Å². The Balaban J connectivity index is 1.84. The first-order valence-electron chi connectivity index (χ1n) is 5.91. The molecule has 3 nitrogen and oxygen atoms in total. The van der Waals surface area contributed by atoms with Gasteiger partial charge in [-0.1, -0.05) is 22.0 Å². The van der Waals surface area contributed by atoms with Gasteiger partial charge in [-0.3, -0.25) is 4.79 Å². The summed E-state index contributed by atoms with van der Waals surface area (Å²) in [5.74, 6) is -0.0412. The Morgan fingerprint density at radius 2 is 2.35 bits per heavy atom. The van der Waals surface area contributed by atoms with E-state index in [4.69, 9.17) is 4.74 Å². The van der Waals surface area contributed by atoms with Gasteiger partial charge in [-0.05, 0) is 37.5 Å². The monoisotopic (exact) mass is 297 g/mol. The highest BCUT2D eigenvalue weighted by Gasteiger charge is 2.15. The molecule has 17 heavy (non-hydrogen) atoms. The molecule has 1 aromatic carbocycles. The van der Waals surface area contributed by atoms with Crippen LogP contribution in [0.4, 0.5) is 0 Å². The summed E-state index contributed by atoms with van der Waals surface area (Å²) < 4.78 is 6.48. The summed E-state index contributed by atoms with van der Waals surface area (Å²) in [4.78, 5) is 11.9. The van der Waals surface area contributed by atoms with Crippen LogP contribution < -0.4 is 5.32 Å². The van der Waals surface area contributed by atoms with Gasteiger partial charge in [-0.2, -0.15) is 0 Å². The quantitative estimate of drug-likeness (QED) is 0.932. The van der Waals surface area contributed by atoms with Gasteiger partial charge >= 0.3 is 0 Å². The highest BCUT2D eigenvalue weighted by atomic mass is 79.9. The molecule has 1 unspecified atom stereocenters. The van der Waals surface area contributed by atoms with Gasteiger partial charge in [0.15, 0.2) is 0 Å². The van der Waals surface area contributed by atoms with Crippen LogP contribution in [0.3, 0.4) is 0 Å². The van der Waals surface area contributed by atoms with Crippen LogP contribution in [0.25, 0.3) is 0 Å². The molecule has 1 aromatic rings. The molecule has 0 radical (unpaired) electrons. The molecule has 0 saturated carbocycles. The second kappa shape index (κ2) is 6.17. The van der Waals surface area contributed by atoms with Gasteiger partial charge in [0.25, 0.3) is 5.91 Å². The smallest absolute Gasteiger partial charge is 0.251 e. The maximum atomic E-state index is 11.9. The van der Waals surface area contributed by atoms with Crippen molar-refractivity contribution in [3.63, 3.8) is 0 Å². The predicted molar refractivity (Wildman–Crippen MR) is 70.1 cm³/mol. The number of nitrogens with one attached hydrogen (secondary N) is 1. The lowest BCUT2D eigenvalue weighted by Crippen LogP contribution is -2.35.